The maximum absolute atomic E-state index is 11.8. The molecule has 26 heavy (non-hydrogen) atoms. The predicted octanol–water partition coefficient (Wildman–Crippen LogP) is 2.93. The number of nitrogens with two attached hydrogens (primary N) is 1. The van der Waals surface area contributed by atoms with E-state index in [9.17, 15) is 9.59 Å². The summed E-state index contributed by atoms with van der Waals surface area (Å²) < 4.78 is 17.2. The molecule has 0 spiro atoms. The van der Waals surface area contributed by atoms with Crippen LogP contribution < -0.4 is 11.4 Å². The lowest BCUT2D eigenvalue weighted by Gasteiger charge is -2.14. The van der Waals surface area contributed by atoms with Crippen molar-refractivity contribution < 1.29 is 19.0 Å². The monoisotopic (exact) mass is 385 g/mol. The van der Waals surface area contributed by atoms with E-state index in [-0.39, 0.29) is 17.9 Å². The van der Waals surface area contributed by atoms with Gasteiger partial charge in [0.25, 0.3) is 0 Å². The number of ether oxygens (including phenoxy) is 3. The van der Waals surface area contributed by atoms with Crippen molar-refractivity contribution in [2.45, 2.75) is 57.1 Å². The van der Waals surface area contributed by atoms with Crippen LogP contribution in [0.1, 0.15) is 51.7 Å². The predicted molar refractivity (Wildman–Crippen MR) is 100.0 cm³/mol. The van der Waals surface area contributed by atoms with Crippen molar-refractivity contribution in [3.8, 4) is 0 Å². The van der Waals surface area contributed by atoms with Crippen molar-refractivity contribution in [1.82, 2.24) is 9.55 Å². The second kappa shape index (κ2) is 11.1. The number of rotatable bonds is 10. The van der Waals surface area contributed by atoms with Crippen molar-refractivity contribution in [2.75, 3.05) is 24.7 Å². The molecular formula is C17H27N3O5S. The number of carbonyl (C=O) groups excluding carboxylic acids is 1. The molecule has 1 aromatic rings. The van der Waals surface area contributed by atoms with Crippen LogP contribution in [0.15, 0.2) is 17.1 Å². The zero-order valence-corrected chi connectivity index (χ0v) is 15.9. The van der Waals surface area contributed by atoms with Gasteiger partial charge in [-0.3, -0.25) is 4.57 Å². The zero-order valence-electron chi connectivity index (χ0n) is 15.1. The molecule has 0 unspecified atom stereocenters. The van der Waals surface area contributed by atoms with Gasteiger partial charge in [-0.2, -0.15) is 4.98 Å². The highest BCUT2D eigenvalue weighted by atomic mass is 32.2. The molecule has 0 aliphatic carbocycles. The molecule has 1 aliphatic heterocycles. The quantitative estimate of drug-likeness (QED) is 0.484. The van der Waals surface area contributed by atoms with Gasteiger partial charge in [-0.1, -0.05) is 39.0 Å². The van der Waals surface area contributed by atoms with Gasteiger partial charge < -0.3 is 19.9 Å². The Bertz CT molecular complexity index is 625. The minimum absolute atomic E-state index is 0.0770. The standard InChI is InChI=1S/C17H27N3O5S/c1-2-3-4-5-6-7-10-23-17(22)24-11-15-25-14(12-26-15)20-9-8-13(18)19-16(20)21/h8-9,14-15H,2-7,10-12H2,1H3,(H2,18,19,21)/t14-,15+/m1/s1. The van der Waals surface area contributed by atoms with Gasteiger partial charge in [0.05, 0.1) is 6.61 Å². The Balaban J connectivity index is 1.60. The van der Waals surface area contributed by atoms with E-state index >= 15 is 0 Å². The number of unbranched alkanes of at least 4 members (excludes halogenated alkanes) is 5. The van der Waals surface area contributed by atoms with E-state index in [0.717, 1.165) is 12.8 Å². The lowest BCUT2D eigenvalue weighted by atomic mass is 10.1. The molecule has 0 aromatic carbocycles. The third kappa shape index (κ3) is 6.87. The Kier molecular flexibility index (Phi) is 8.76. The summed E-state index contributed by atoms with van der Waals surface area (Å²) in [4.78, 5) is 27.1. The van der Waals surface area contributed by atoms with Gasteiger partial charge in [-0.05, 0) is 12.5 Å². The molecule has 2 atom stereocenters. The zero-order chi connectivity index (χ0) is 18.8. The first-order valence-electron chi connectivity index (χ1n) is 9.01. The van der Waals surface area contributed by atoms with Crippen LogP contribution in [0.25, 0.3) is 0 Å². The summed E-state index contributed by atoms with van der Waals surface area (Å²) >= 11 is 1.47. The number of nitrogens with zero attached hydrogens (tertiary/aromatic N) is 2. The van der Waals surface area contributed by atoms with E-state index in [4.69, 9.17) is 19.9 Å². The third-order valence-corrected chi connectivity index (χ3v) is 5.05. The van der Waals surface area contributed by atoms with E-state index in [2.05, 4.69) is 11.9 Å². The Hall–Kier alpha value is -1.74. The maximum Gasteiger partial charge on any atom is 0.508 e. The molecule has 8 nitrogen and oxygen atoms in total. The first-order chi connectivity index (χ1) is 12.6. The summed E-state index contributed by atoms with van der Waals surface area (Å²) in [5, 5.41) is 0. The van der Waals surface area contributed by atoms with E-state index in [0.29, 0.717) is 12.4 Å². The van der Waals surface area contributed by atoms with Crippen LogP contribution in [0.5, 0.6) is 0 Å². The van der Waals surface area contributed by atoms with Crippen LogP contribution in [0.4, 0.5) is 10.6 Å². The number of nitrogen functional groups attached to an aromatic ring is 1. The van der Waals surface area contributed by atoms with Gasteiger partial charge in [-0.15, -0.1) is 11.8 Å². The molecule has 2 heterocycles. The van der Waals surface area contributed by atoms with Gasteiger partial charge >= 0.3 is 11.8 Å². The minimum atomic E-state index is -0.683. The van der Waals surface area contributed by atoms with Crippen LogP contribution in [-0.4, -0.2) is 40.1 Å². The lowest BCUT2D eigenvalue weighted by Crippen LogP contribution is -2.29. The minimum Gasteiger partial charge on any atom is -0.434 e. The fourth-order valence-corrected chi connectivity index (χ4v) is 3.53. The highest BCUT2D eigenvalue weighted by Crippen LogP contribution is 2.31. The van der Waals surface area contributed by atoms with Crippen molar-refractivity contribution in [3.05, 3.63) is 22.7 Å². The van der Waals surface area contributed by atoms with Crippen molar-refractivity contribution in [3.63, 3.8) is 0 Å². The van der Waals surface area contributed by atoms with Crippen molar-refractivity contribution >= 4 is 23.7 Å². The Labute approximate surface area is 157 Å². The van der Waals surface area contributed by atoms with Gasteiger partial charge in [0.1, 0.15) is 24.1 Å². The molecule has 2 N–H and O–H groups in total. The lowest BCUT2D eigenvalue weighted by molar-refractivity contribution is -0.0239. The van der Waals surface area contributed by atoms with Gasteiger partial charge in [-0.25, -0.2) is 9.59 Å². The first-order valence-corrected chi connectivity index (χ1v) is 10.1. The van der Waals surface area contributed by atoms with Crippen molar-refractivity contribution in [1.29, 1.82) is 0 Å². The molecule has 1 saturated heterocycles. The summed E-state index contributed by atoms with van der Waals surface area (Å²) in [6.07, 6.45) is 7.18. The molecule has 1 aromatic heterocycles. The second-order valence-corrected chi connectivity index (χ2v) is 7.27. The number of hydrogen-bond donors (Lipinski definition) is 1. The fourth-order valence-electron chi connectivity index (χ4n) is 2.54. The second-order valence-electron chi connectivity index (χ2n) is 6.07. The average Bonchev–Trinajstić information content (AvgIpc) is 3.08. The summed E-state index contributed by atoms with van der Waals surface area (Å²) in [7, 11) is 0. The van der Waals surface area contributed by atoms with E-state index < -0.39 is 18.1 Å². The third-order valence-electron chi connectivity index (χ3n) is 3.95. The summed E-state index contributed by atoms with van der Waals surface area (Å²) in [5.41, 5.74) is 4.67. The van der Waals surface area contributed by atoms with Gasteiger partial charge in [0.15, 0.2) is 0 Å². The van der Waals surface area contributed by atoms with Gasteiger partial charge in [0, 0.05) is 11.9 Å². The van der Waals surface area contributed by atoms with Crippen LogP contribution >= 0.6 is 11.8 Å². The Morgan fingerprint density at radius 3 is 2.88 bits per heavy atom. The largest absolute Gasteiger partial charge is 0.508 e. The average molecular weight is 385 g/mol. The molecule has 1 fully saturated rings. The molecule has 2 rings (SSSR count). The van der Waals surface area contributed by atoms with Crippen LogP contribution in [0, 0.1) is 0 Å². The molecule has 0 radical (unpaired) electrons. The smallest absolute Gasteiger partial charge is 0.434 e. The fraction of sp³-hybridized carbons (Fsp3) is 0.706. The van der Waals surface area contributed by atoms with E-state index in [1.54, 1.807) is 12.3 Å². The van der Waals surface area contributed by atoms with E-state index in [1.165, 1.54) is 42.0 Å². The van der Waals surface area contributed by atoms with Crippen LogP contribution in [0.2, 0.25) is 0 Å². The van der Waals surface area contributed by atoms with Crippen LogP contribution in [-0.2, 0) is 14.2 Å². The Morgan fingerprint density at radius 1 is 1.35 bits per heavy atom. The van der Waals surface area contributed by atoms with Crippen molar-refractivity contribution in [2.24, 2.45) is 0 Å². The molecule has 9 heteroatoms. The normalized spacial score (nSPS) is 19.4. The molecule has 1 aliphatic rings. The molecule has 0 bridgehead atoms. The molecule has 0 amide bonds. The highest BCUT2D eigenvalue weighted by molar-refractivity contribution is 8.00. The number of hydrogen-bond acceptors (Lipinski definition) is 8. The molecule has 146 valence electrons. The number of anilines is 1. The Morgan fingerprint density at radius 2 is 2.12 bits per heavy atom. The van der Waals surface area contributed by atoms with Crippen LogP contribution in [0.3, 0.4) is 0 Å². The summed E-state index contributed by atoms with van der Waals surface area (Å²) in [6, 6.07) is 1.54. The topological polar surface area (TPSA) is 106 Å². The summed E-state index contributed by atoms with van der Waals surface area (Å²) in [5.74, 6) is 0.733. The highest BCUT2D eigenvalue weighted by Gasteiger charge is 2.29. The summed E-state index contributed by atoms with van der Waals surface area (Å²) in [6.45, 7) is 2.63. The van der Waals surface area contributed by atoms with E-state index in [1.807, 2.05) is 0 Å². The molecule has 0 saturated carbocycles. The number of thioether (sulfide) groups is 1. The maximum atomic E-state index is 11.8. The number of carbonyl (C=O) groups is 1. The SMILES string of the molecule is CCCCCCCCOC(=O)OC[C@H]1O[C@@H](n2ccc(N)nc2=O)CS1. The molecular weight excluding hydrogens is 358 g/mol. The first kappa shape index (κ1) is 20.6. The number of aromatic nitrogens is 2. The van der Waals surface area contributed by atoms with Gasteiger partial charge in [0.2, 0.25) is 0 Å².